The van der Waals surface area contributed by atoms with Crippen LogP contribution in [0.2, 0.25) is 0 Å². The molecule has 0 bridgehead atoms. The molecular weight excluding hydrogens is 388 g/mol. The SMILES string of the molecule is Cc1cc2c(cc1Sc1nc3c(N)ncnc3n1CCNCC(C)(C)C)OCO2. The van der Waals surface area contributed by atoms with Gasteiger partial charge in [0.1, 0.15) is 6.33 Å². The van der Waals surface area contributed by atoms with Crippen molar-refractivity contribution in [3.63, 3.8) is 0 Å². The van der Waals surface area contributed by atoms with Crippen LogP contribution in [0.1, 0.15) is 26.3 Å². The van der Waals surface area contributed by atoms with Crippen LogP contribution in [-0.2, 0) is 6.54 Å². The highest BCUT2D eigenvalue weighted by molar-refractivity contribution is 7.99. The third-order valence-corrected chi connectivity index (χ3v) is 5.72. The molecule has 3 N–H and O–H groups in total. The van der Waals surface area contributed by atoms with Crippen molar-refractivity contribution in [3.8, 4) is 11.5 Å². The van der Waals surface area contributed by atoms with Crippen LogP contribution in [-0.4, -0.2) is 39.4 Å². The smallest absolute Gasteiger partial charge is 0.231 e. The van der Waals surface area contributed by atoms with E-state index >= 15 is 0 Å². The Morgan fingerprint density at radius 1 is 1.21 bits per heavy atom. The first kappa shape index (κ1) is 19.8. The Bertz CT molecular complexity index is 1040. The van der Waals surface area contributed by atoms with E-state index in [0.29, 0.717) is 11.3 Å². The number of aromatic nitrogens is 4. The van der Waals surface area contributed by atoms with E-state index in [1.165, 1.54) is 6.33 Å². The van der Waals surface area contributed by atoms with E-state index < -0.39 is 0 Å². The number of nitrogen functional groups attached to an aromatic ring is 1. The number of nitrogens with one attached hydrogen (secondary N) is 1. The summed E-state index contributed by atoms with van der Waals surface area (Å²) >= 11 is 1.57. The molecule has 3 aromatic rings. The quantitative estimate of drug-likeness (QED) is 0.593. The van der Waals surface area contributed by atoms with Crippen LogP contribution in [0.3, 0.4) is 0 Å². The van der Waals surface area contributed by atoms with Crippen molar-refractivity contribution >= 4 is 28.7 Å². The Labute approximate surface area is 174 Å². The summed E-state index contributed by atoms with van der Waals surface area (Å²) in [5, 5.41) is 4.34. The van der Waals surface area contributed by atoms with Gasteiger partial charge in [-0.05, 0) is 30.0 Å². The Morgan fingerprint density at radius 3 is 2.72 bits per heavy atom. The van der Waals surface area contributed by atoms with Crippen molar-refractivity contribution in [3.05, 3.63) is 24.0 Å². The van der Waals surface area contributed by atoms with Crippen molar-refractivity contribution in [1.82, 2.24) is 24.8 Å². The number of hydrogen-bond acceptors (Lipinski definition) is 8. The molecule has 1 aliphatic rings. The maximum absolute atomic E-state index is 6.06. The molecule has 0 atom stereocenters. The van der Waals surface area contributed by atoms with E-state index in [1.54, 1.807) is 11.8 Å². The van der Waals surface area contributed by atoms with E-state index in [1.807, 2.05) is 12.1 Å². The molecule has 2 aromatic heterocycles. The summed E-state index contributed by atoms with van der Waals surface area (Å²) in [6, 6.07) is 4.00. The van der Waals surface area contributed by atoms with E-state index in [0.717, 1.165) is 52.4 Å². The number of hydrogen-bond donors (Lipinski definition) is 2. The van der Waals surface area contributed by atoms with E-state index in [-0.39, 0.29) is 12.2 Å². The minimum absolute atomic E-state index is 0.227. The number of imidazole rings is 1. The van der Waals surface area contributed by atoms with Crippen LogP contribution >= 0.6 is 11.8 Å². The lowest BCUT2D eigenvalue weighted by Crippen LogP contribution is -2.29. The van der Waals surface area contributed by atoms with Gasteiger partial charge in [-0.3, -0.25) is 0 Å². The number of aryl methyl sites for hydroxylation is 1. The van der Waals surface area contributed by atoms with Gasteiger partial charge in [0, 0.05) is 24.5 Å². The molecule has 1 aromatic carbocycles. The van der Waals surface area contributed by atoms with E-state index in [2.05, 4.69) is 47.5 Å². The number of rotatable bonds is 6. The number of nitrogens with two attached hydrogens (primary N) is 1. The zero-order valence-corrected chi connectivity index (χ0v) is 18.0. The molecule has 1 aliphatic heterocycles. The van der Waals surface area contributed by atoms with Crippen molar-refractivity contribution in [2.45, 2.75) is 44.3 Å². The highest BCUT2D eigenvalue weighted by atomic mass is 32.2. The lowest BCUT2D eigenvalue weighted by Gasteiger charge is -2.19. The molecule has 0 spiro atoms. The summed E-state index contributed by atoms with van der Waals surface area (Å²) in [7, 11) is 0. The highest BCUT2D eigenvalue weighted by Crippen LogP contribution is 2.40. The van der Waals surface area contributed by atoms with Crippen molar-refractivity contribution in [2.75, 3.05) is 25.6 Å². The van der Waals surface area contributed by atoms with Gasteiger partial charge in [-0.25, -0.2) is 15.0 Å². The van der Waals surface area contributed by atoms with Gasteiger partial charge in [-0.2, -0.15) is 0 Å². The zero-order chi connectivity index (χ0) is 20.6. The van der Waals surface area contributed by atoms with Crippen LogP contribution in [0.15, 0.2) is 28.5 Å². The summed E-state index contributed by atoms with van der Waals surface area (Å²) in [5.74, 6) is 1.93. The van der Waals surface area contributed by atoms with Crippen molar-refractivity contribution in [1.29, 1.82) is 0 Å². The molecule has 0 amide bonds. The summed E-state index contributed by atoms with van der Waals surface area (Å²) in [4.78, 5) is 14.3. The van der Waals surface area contributed by atoms with Gasteiger partial charge in [0.15, 0.2) is 33.6 Å². The summed E-state index contributed by atoms with van der Waals surface area (Å²) in [5.41, 5.74) is 8.76. The molecule has 8 nitrogen and oxygen atoms in total. The van der Waals surface area contributed by atoms with Crippen LogP contribution in [0.5, 0.6) is 11.5 Å². The normalized spacial score (nSPS) is 13.4. The molecule has 29 heavy (non-hydrogen) atoms. The fourth-order valence-electron chi connectivity index (χ4n) is 3.10. The monoisotopic (exact) mass is 414 g/mol. The second-order valence-electron chi connectivity index (χ2n) is 8.29. The number of nitrogens with zero attached hydrogens (tertiary/aromatic N) is 4. The van der Waals surface area contributed by atoms with E-state index in [9.17, 15) is 0 Å². The Balaban J connectivity index is 1.64. The summed E-state index contributed by atoms with van der Waals surface area (Å²) in [6.45, 7) is 11.4. The lowest BCUT2D eigenvalue weighted by molar-refractivity contribution is 0.174. The van der Waals surface area contributed by atoms with Crippen LogP contribution in [0.4, 0.5) is 5.82 Å². The fraction of sp³-hybridized carbons (Fsp3) is 0.450. The van der Waals surface area contributed by atoms with Gasteiger partial charge in [0.05, 0.1) is 0 Å². The van der Waals surface area contributed by atoms with Crippen molar-refractivity contribution < 1.29 is 9.47 Å². The molecule has 0 radical (unpaired) electrons. The third kappa shape index (κ3) is 4.25. The molecule has 3 heterocycles. The standard InChI is InChI=1S/C20H26N6O2S/c1-12-7-13-14(28-11-27-13)8-15(12)29-19-25-16-17(21)23-10-24-18(16)26(19)6-5-22-9-20(2,3)4/h7-8,10,22H,5-6,9,11H2,1-4H3,(H2,21,23,24). The maximum Gasteiger partial charge on any atom is 0.231 e. The molecule has 9 heteroatoms. The molecule has 0 aliphatic carbocycles. The summed E-state index contributed by atoms with van der Waals surface area (Å²) < 4.78 is 13.1. The number of anilines is 1. The second-order valence-corrected chi connectivity index (χ2v) is 9.30. The molecule has 154 valence electrons. The molecule has 0 fully saturated rings. The van der Waals surface area contributed by atoms with Crippen LogP contribution < -0.4 is 20.5 Å². The maximum atomic E-state index is 6.06. The lowest BCUT2D eigenvalue weighted by atomic mass is 9.97. The van der Waals surface area contributed by atoms with Gasteiger partial charge in [0.2, 0.25) is 6.79 Å². The van der Waals surface area contributed by atoms with Gasteiger partial charge in [0.25, 0.3) is 0 Å². The second kappa shape index (κ2) is 7.72. The average Bonchev–Trinajstić information content (AvgIpc) is 3.23. The zero-order valence-electron chi connectivity index (χ0n) is 17.2. The fourth-order valence-corrected chi connectivity index (χ4v) is 4.11. The van der Waals surface area contributed by atoms with Crippen molar-refractivity contribution in [2.24, 2.45) is 5.41 Å². The Kier molecular flexibility index (Phi) is 5.26. The predicted octanol–water partition coefficient (Wildman–Crippen LogP) is 3.23. The van der Waals surface area contributed by atoms with Gasteiger partial charge >= 0.3 is 0 Å². The first-order valence-corrected chi connectivity index (χ1v) is 10.4. The molecule has 4 rings (SSSR count). The molecule has 0 saturated heterocycles. The molecule has 0 saturated carbocycles. The first-order chi connectivity index (χ1) is 13.8. The summed E-state index contributed by atoms with van der Waals surface area (Å²) in [6.07, 6.45) is 1.48. The first-order valence-electron chi connectivity index (χ1n) is 9.57. The van der Waals surface area contributed by atoms with E-state index in [4.69, 9.17) is 20.2 Å². The molecular formula is C20H26N6O2S. The minimum atomic E-state index is 0.227. The number of benzene rings is 1. The highest BCUT2D eigenvalue weighted by Gasteiger charge is 2.20. The third-order valence-electron chi connectivity index (χ3n) is 4.56. The Morgan fingerprint density at radius 2 is 1.97 bits per heavy atom. The van der Waals surface area contributed by atoms with Gasteiger partial charge in [-0.1, -0.05) is 32.5 Å². The Hall–Kier alpha value is -2.52. The topological polar surface area (TPSA) is 100 Å². The predicted molar refractivity (Wildman–Crippen MR) is 113 cm³/mol. The van der Waals surface area contributed by atoms with Gasteiger partial charge in [-0.15, -0.1) is 0 Å². The minimum Gasteiger partial charge on any atom is -0.454 e. The molecule has 0 unspecified atom stereocenters. The van der Waals surface area contributed by atoms with Gasteiger partial charge < -0.3 is 25.1 Å². The largest absolute Gasteiger partial charge is 0.454 e. The van der Waals surface area contributed by atoms with Crippen LogP contribution in [0.25, 0.3) is 11.2 Å². The van der Waals surface area contributed by atoms with Crippen LogP contribution in [0, 0.1) is 12.3 Å². The number of ether oxygens (including phenoxy) is 2. The number of fused-ring (bicyclic) bond motifs is 2. The average molecular weight is 415 g/mol.